The molecule has 22 heavy (non-hydrogen) atoms. The lowest BCUT2D eigenvalue weighted by Crippen LogP contribution is -2.27. The summed E-state index contributed by atoms with van der Waals surface area (Å²) < 4.78 is 34.6. The van der Waals surface area contributed by atoms with Crippen molar-refractivity contribution in [1.29, 1.82) is 0 Å². The third kappa shape index (κ3) is 4.10. The highest BCUT2D eigenvalue weighted by Crippen LogP contribution is 2.28. The number of nitrogens with one attached hydrogen (secondary N) is 1. The van der Waals surface area contributed by atoms with Crippen LogP contribution >= 0.6 is 31.9 Å². The average molecular weight is 449 g/mol. The number of sulfonamides is 1. The van der Waals surface area contributed by atoms with Crippen LogP contribution < -0.4 is 9.46 Å². The summed E-state index contributed by atoms with van der Waals surface area (Å²) in [7, 11) is -2.25. The molecule has 7 heteroatoms. The fourth-order valence-corrected chi connectivity index (χ4v) is 4.18. The van der Waals surface area contributed by atoms with E-state index >= 15 is 0 Å². The summed E-state index contributed by atoms with van der Waals surface area (Å²) in [5.41, 5.74) is 0.876. The molecule has 2 aromatic rings. The fraction of sp³-hybridized carbons (Fsp3) is 0.200. The Balaban J connectivity index is 2.31. The van der Waals surface area contributed by atoms with Crippen LogP contribution in [0.1, 0.15) is 18.5 Å². The number of methoxy groups -OCH3 is 1. The second-order valence-corrected chi connectivity index (χ2v) is 8.20. The van der Waals surface area contributed by atoms with Gasteiger partial charge in [0.2, 0.25) is 10.0 Å². The third-order valence-corrected chi connectivity index (χ3v) is 5.70. The smallest absolute Gasteiger partial charge is 0.244 e. The number of halogens is 2. The molecule has 0 aliphatic heterocycles. The maximum Gasteiger partial charge on any atom is 0.244 e. The summed E-state index contributed by atoms with van der Waals surface area (Å²) in [6, 6.07) is 12.0. The molecule has 4 nitrogen and oxygen atoms in total. The maximum atomic E-state index is 12.6. The van der Waals surface area contributed by atoms with E-state index in [1.165, 1.54) is 13.2 Å². The minimum atomic E-state index is -3.70. The van der Waals surface area contributed by atoms with Gasteiger partial charge in [0.1, 0.15) is 10.6 Å². The summed E-state index contributed by atoms with van der Waals surface area (Å²) in [5.74, 6) is 0.304. The molecule has 2 aromatic carbocycles. The van der Waals surface area contributed by atoms with Crippen molar-refractivity contribution in [1.82, 2.24) is 4.72 Å². The number of benzene rings is 2. The molecule has 0 heterocycles. The normalized spacial score (nSPS) is 12.9. The minimum Gasteiger partial charge on any atom is -0.495 e. The molecule has 0 aromatic heterocycles. The lowest BCUT2D eigenvalue weighted by Gasteiger charge is -2.16. The average Bonchev–Trinajstić information content (AvgIpc) is 2.47. The van der Waals surface area contributed by atoms with Crippen molar-refractivity contribution in [2.24, 2.45) is 0 Å². The van der Waals surface area contributed by atoms with E-state index in [1.54, 1.807) is 19.1 Å². The second kappa shape index (κ2) is 7.12. The lowest BCUT2D eigenvalue weighted by atomic mass is 10.1. The first-order chi connectivity index (χ1) is 10.3. The Kier molecular flexibility index (Phi) is 5.65. The van der Waals surface area contributed by atoms with E-state index in [1.807, 2.05) is 24.3 Å². The Hall–Kier alpha value is -0.890. The minimum absolute atomic E-state index is 0.105. The van der Waals surface area contributed by atoms with Gasteiger partial charge in [-0.05, 0) is 42.8 Å². The molecule has 0 aliphatic carbocycles. The standard InChI is InChI=1S/C15H15Br2NO3S/c1-10(11-3-5-12(16)6-4-11)18-22(19,20)15-9-13(17)7-8-14(15)21-2/h3-10,18H,1-2H3. The first kappa shape index (κ1) is 17.5. The highest BCUT2D eigenvalue weighted by Gasteiger charge is 2.22. The molecule has 0 saturated carbocycles. The van der Waals surface area contributed by atoms with E-state index < -0.39 is 10.0 Å². The number of hydrogen-bond acceptors (Lipinski definition) is 3. The molecular weight excluding hydrogens is 434 g/mol. The monoisotopic (exact) mass is 447 g/mol. The molecular formula is C15H15Br2NO3S. The molecule has 0 saturated heterocycles. The Morgan fingerprint density at radius 1 is 1.05 bits per heavy atom. The van der Waals surface area contributed by atoms with Crippen LogP contribution in [-0.2, 0) is 10.0 Å². The van der Waals surface area contributed by atoms with Crippen LogP contribution in [0.3, 0.4) is 0 Å². The van der Waals surface area contributed by atoms with E-state index in [4.69, 9.17) is 4.74 Å². The highest BCUT2D eigenvalue weighted by atomic mass is 79.9. The van der Waals surface area contributed by atoms with Gasteiger partial charge in [-0.1, -0.05) is 44.0 Å². The first-order valence-electron chi connectivity index (χ1n) is 6.45. The van der Waals surface area contributed by atoms with E-state index in [-0.39, 0.29) is 10.9 Å². The number of ether oxygens (including phenoxy) is 1. The zero-order valence-electron chi connectivity index (χ0n) is 12.0. The summed E-state index contributed by atoms with van der Waals surface area (Å²) in [6.07, 6.45) is 0. The van der Waals surface area contributed by atoms with E-state index in [0.717, 1.165) is 10.0 Å². The Bertz CT molecular complexity index is 761. The fourth-order valence-electron chi connectivity index (χ4n) is 1.98. The quantitative estimate of drug-likeness (QED) is 0.743. The Labute approximate surface area is 147 Å². The van der Waals surface area contributed by atoms with Crippen LogP contribution in [0.4, 0.5) is 0 Å². The van der Waals surface area contributed by atoms with Gasteiger partial charge < -0.3 is 4.74 Å². The van der Waals surface area contributed by atoms with Crippen molar-refractivity contribution in [3.8, 4) is 5.75 Å². The van der Waals surface area contributed by atoms with Crippen molar-refractivity contribution < 1.29 is 13.2 Å². The van der Waals surface area contributed by atoms with Crippen LogP contribution in [0.15, 0.2) is 56.3 Å². The summed E-state index contributed by atoms with van der Waals surface area (Å²) >= 11 is 6.64. The first-order valence-corrected chi connectivity index (χ1v) is 9.52. The van der Waals surface area contributed by atoms with Crippen LogP contribution in [0.2, 0.25) is 0 Å². The zero-order valence-corrected chi connectivity index (χ0v) is 16.0. The topological polar surface area (TPSA) is 55.4 Å². The van der Waals surface area contributed by atoms with Gasteiger partial charge in [-0.2, -0.15) is 0 Å². The molecule has 0 bridgehead atoms. The SMILES string of the molecule is COc1ccc(Br)cc1S(=O)(=O)NC(C)c1ccc(Br)cc1. The predicted molar refractivity (Wildman–Crippen MR) is 93.6 cm³/mol. The third-order valence-electron chi connectivity index (χ3n) is 3.12. The van der Waals surface area contributed by atoms with Crippen LogP contribution in [0, 0.1) is 0 Å². The van der Waals surface area contributed by atoms with Gasteiger partial charge in [-0.25, -0.2) is 13.1 Å². The molecule has 1 unspecified atom stereocenters. The molecule has 0 amide bonds. The van der Waals surface area contributed by atoms with Crippen LogP contribution in [0.5, 0.6) is 5.75 Å². The predicted octanol–water partition coefficient (Wildman–Crippen LogP) is 4.26. The molecule has 0 fully saturated rings. The van der Waals surface area contributed by atoms with Gasteiger partial charge in [0.15, 0.2) is 0 Å². The molecule has 0 radical (unpaired) electrons. The zero-order chi connectivity index (χ0) is 16.3. The summed E-state index contributed by atoms with van der Waals surface area (Å²) in [6.45, 7) is 1.80. The van der Waals surface area contributed by atoms with Crippen molar-refractivity contribution >= 4 is 41.9 Å². The van der Waals surface area contributed by atoms with Gasteiger partial charge in [0.05, 0.1) is 7.11 Å². The Morgan fingerprint density at radius 3 is 2.23 bits per heavy atom. The number of hydrogen-bond donors (Lipinski definition) is 1. The second-order valence-electron chi connectivity index (χ2n) is 4.69. The summed E-state index contributed by atoms with van der Waals surface area (Å²) in [4.78, 5) is 0.105. The van der Waals surface area contributed by atoms with Crippen molar-refractivity contribution in [3.63, 3.8) is 0 Å². The molecule has 0 spiro atoms. The largest absolute Gasteiger partial charge is 0.495 e. The van der Waals surface area contributed by atoms with Gasteiger partial charge in [0.25, 0.3) is 0 Å². The lowest BCUT2D eigenvalue weighted by molar-refractivity contribution is 0.402. The number of rotatable bonds is 5. The molecule has 0 aliphatic rings. The molecule has 1 N–H and O–H groups in total. The van der Waals surface area contributed by atoms with E-state index in [0.29, 0.717) is 10.2 Å². The van der Waals surface area contributed by atoms with Crippen LogP contribution in [0.25, 0.3) is 0 Å². The van der Waals surface area contributed by atoms with Crippen molar-refractivity contribution in [2.45, 2.75) is 17.9 Å². The molecule has 2 rings (SSSR count). The highest BCUT2D eigenvalue weighted by molar-refractivity contribution is 9.10. The van der Waals surface area contributed by atoms with Gasteiger partial charge in [0, 0.05) is 15.0 Å². The maximum absolute atomic E-state index is 12.6. The van der Waals surface area contributed by atoms with Crippen LogP contribution in [-0.4, -0.2) is 15.5 Å². The summed E-state index contributed by atoms with van der Waals surface area (Å²) in [5, 5.41) is 0. The molecule has 118 valence electrons. The van der Waals surface area contributed by atoms with E-state index in [9.17, 15) is 8.42 Å². The van der Waals surface area contributed by atoms with Gasteiger partial charge in [-0.15, -0.1) is 0 Å². The Morgan fingerprint density at radius 2 is 1.64 bits per heavy atom. The van der Waals surface area contributed by atoms with Gasteiger partial charge in [-0.3, -0.25) is 0 Å². The molecule has 1 atom stereocenters. The van der Waals surface area contributed by atoms with E-state index in [2.05, 4.69) is 36.6 Å². The van der Waals surface area contributed by atoms with Crippen molar-refractivity contribution in [2.75, 3.05) is 7.11 Å². The van der Waals surface area contributed by atoms with Crippen molar-refractivity contribution in [3.05, 3.63) is 57.0 Å². The van der Waals surface area contributed by atoms with Gasteiger partial charge >= 0.3 is 0 Å².